The van der Waals surface area contributed by atoms with Crippen LogP contribution in [0.3, 0.4) is 0 Å². The van der Waals surface area contributed by atoms with Gasteiger partial charge in [0.15, 0.2) is 0 Å². The molecule has 11 heteroatoms. The summed E-state index contributed by atoms with van der Waals surface area (Å²) in [5.74, 6) is -0.283. The third-order valence-corrected chi connectivity index (χ3v) is 8.24. The lowest BCUT2D eigenvalue weighted by Gasteiger charge is -2.33. The Morgan fingerprint density at radius 3 is 2.30 bits per heavy atom. The van der Waals surface area contributed by atoms with Crippen LogP contribution >= 0.6 is 23.2 Å². The Hall–Kier alpha value is -2.49. The highest BCUT2D eigenvalue weighted by Gasteiger charge is 2.31. The summed E-state index contributed by atoms with van der Waals surface area (Å²) in [7, 11) is -2.31. The van der Waals surface area contributed by atoms with Crippen LogP contribution in [0.25, 0.3) is 0 Å². The number of ether oxygens (including phenoxy) is 1. The third-order valence-electron chi connectivity index (χ3n) is 6.51. The van der Waals surface area contributed by atoms with E-state index in [9.17, 15) is 18.0 Å². The van der Waals surface area contributed by atoms with E-state index >= 15 is 0 Å². The monoisotopic (exact) mass is 569 g/mol. The largest absolute Gasteiger partial charge is 0.497 e. The zero-order valence-corrected chi connectivity index (χ0v) is 23.6. The smallest absolute Gasteiger partial charge is 0.244 e. The fraction of sp³-hybridized carbons (Fsp3) is 0.462. The summed E-state index contributed by atoms with van der Waals surface area (Å²) in [6, 6.07) is 10.5. The average molecular weight is 571 g/mol. The minimum absolute atomic E-state index is 0.00824. The second-order valence-corrected chi connectivity index (χ2v) is 12.0. The van der Waals surface area contributed by atoms with Gasteiger partial charge in [0.2, 0.25) is 21.8 Å². The van der Waals surface area contributed by atoms with Crippen LogP contribution in [0.5, 0.6) is 5.75 Å². The minimum Gasteiger partial charge on any atom is -0.497 e. The molecule has 1 aliphatic rings. The SMILES string of the molecule is COc1ccc(N(CC(=O)N(Cc2ccc(Cl)cc2Cl)[C@H](C)C(=O)NC2CCCCC2)S(C)(=O)=O)cc1. The van der Waals surface area contributed by atoms with Crippen LogP contribution in [0.2, 0.25) is 10.0 Å². The summed E-state index contributed by atoms with van der Waals surface area (Å²) in [5.41, 5.74) is 0.896. The summed E-state index contributed by atoms with van der Waals surface area (Å²) in [6.45, 7) is 1.16. The summed E-state index contributed by atoms with van der Waals surface area (Å²) in [6.07, 6.45) is 6.07. The number of benzene rings is 2. The van der Waals surface area contributed by atoms with E-state index in [4.69, 9.17) is 27.9 Å². The second-order valence-electron chi connectivity index (χ2n) is 9.24. The van der Waals surface area contributed by atoms with Crippen LogP contribution in [0.4, 0.5) is 5.69 Å². The number of halogens is 2. The zero-order chi connectivity index (χ0) is 27.2. The number of carbonyl (C=O) groups is 2. The van der Waals surface area contributed by atoms with E-state index in [-0.39, 0.29) is 18.5 Å². The van der Waals surface area contributed by atoms with E-state index in [1.54, 1.807) is 49.4 Å². The molecule has 3 rings (SSSR count). The van der Waals surface area contributed by atoms with Crippen LogP contribution in [-0.4, -0.2) is 57.1 Å². The molecule has 2 amide bonds. The summed E-state index contributed by atoms with van der Waals surface area (Å²) in [4.78, 5) is 28.2. The first-order valence-electron chi connectivity index (χ1n) is 12.1. The topological polar surface area (TPSA) is 96.0 Å². The van der Waals surface area contributed by atoms with Crippen molar-refractivity contribution < 1.29 is 22.7 Å². The van der Waals surface area contributed by atoms with E-state index in [1.807, 2.05) is 0 Å². The number of amides is 2. The maximum Gasteiger partial charge on any atom is 0.244 e. The molecule has 0 radical (unpaired) electrons. The van der Waals surface area contributed by atoms with Crippen molar-refractivity contribution >= 4 is 50.7 Å². The van der Waals surface area contributed by atoms with Gasteiger partial charge in [0.1, 0.15) is 18.3 Å². The van der Waals surface area contributed by atoms with Crippen molar-refractivity contribution in [3.63, 3.8) is 0 Å². The van der Waals surface area contributed by atoms with Crippen molar-refractivity contribution in [3.05, 3.63) is 58.1 Å². The van der Waals surface area contributed by atoms with E-state index in [0.29, 0.717) is 27.0 Å². The molecule has 0 bridgehead atoms. The first kappa shape index (κ1) is 29.1. The summed E-state index contributed by atoms with van der Waals surface area (Å²) < 4.78 is 31.5. The zero-order valence-electron chi connectivity index (χ0n) is 21.2. The van der Waals surface area contributed by atoms with Gasteiger partial charge in [-0.25, -0.2) is 8.42 Å². The molecule has 2 aromatic rings. The second kappa shape index (κ2) is 12.8. The number of methoxy groups -OCH3 is 1. The molecular formula is C26H33Cl2N3O5S. The molecule has 1 N–H and O–H groups in total. The lowest BCUT2D eigenvalue weighted by molar-refractivity contribution is -0.139. The van der Waals surface area contributed by atoms with Crippen molar-refractivity contribution in [1.29, 1.82) is 0 Å². The van der Waals surface area contributed by atoms with Crippen molar-refractivity contribution in [2.24, 2.45) is 0 Å². The maximum absolute atomic E-state index is 13.7. The lowest BCUT2D eigenvalue weighted by Crippen LogP contribution is -2.53. The molecule has 0 saturated heterocycles. The summed E-state index contributed by atoms with van der Waals surface area (Å²) in [5, 5.41) is 3.85. The van der Waals surface area contributed by atoms with Crippen LogP contribution in [0, 0.1) is 0 Å². The number of hydrogen-bond acceptors (Lipinski definition) is 5. The Morgan fingerprint density at radius 1 is 1.08 bits per heavy atom. The van der Waals surface area contributed by atoms with Crippen molar-refractivity contribution in [1.82, 2.24) is 10.2 Å². The third kappa shape index (κ3) is 7.99. The number of hydrogen-bond donors (Lipinski definition) is 1. The Kier molecular flexibility index (Phi) is 10.1. The predicted octanol–water partition coefficient (Wildman–Crippen LogP) is 4.63. The van der Waals surface area contributed by atoms with Crippen molar-refractivity contribution in [2.45, 2.75) is 57.7 Å². The first-order valence-corrected chi connectivity index (χ1v) is 14.8. The summed E-state index contributed by atoms with van der Waals surface area (Å²) >= 11 is 12.4. The quantitative estimate of drug-likeness (QED) is 0.449. The van der Waals surface area contributed by atoms with Gasteiger partial charge in [0, 0.05) is 22.6 Å². The highest BCUT2D eigenvalue weighted by Crippen LogP contribution is 2.25. The number of rotatable bonds is 10. The molecular weight excluding hydrogens is 537 g/mol. The Labute approximate surface area is 228 Å². The number of anilines is 1. The molecule has 1 aliphatic carbocycles. The van der Waals surface area contributed by atoms with E-state index in [1.165, 1.54) is 12.0 Å². The maximum atomic E-state index is 13.7. The molecule has 0 heterocycles. The Morgan fingerprint density at radius 2 is 1.73 bits per heavy atom. The Balaban J connectivity index is 1.89. The van der Waals surface area contributed by atoms with Crippen molar-refractivity contribution in [2.75, 3.05) is 24.2 Å². The molecule has 0 unspecified atom stereocenters. The normalized spacial score (nSPS) is 15.1. The Bertz CT molecular complexity index is 1200. The molecule has 0 aliphatic heterocycles. The highest BCUT2D eigenvalue weighted by molar-refractivity contribution is 7.92. The molecule has 1 fully saturated rings. The van der Waals surface area contributed by atoms with Crippen molar-refractivity contribution in [3.8, 4) is 5.75 Å². The van der Waals surface area contributed by atoms with Gasteiger partial charge in [0.25, 0.3) is 0 Å². The fourth-order valence-electron chi connectivity index (χ4n) is 4.35. The van der Waals surface area contributed by atoms with Gasteiger partial charge in [-0.05, 0) is 61.7 Å². The van der Waals surface area contributed by atoms with Gasteiger partial charge in [-0.3, -0.25) is 13.9 Å². The van der Waals surface area contributed by atoms with E-state index in [0.717, 1.165) is 42.7 Å². The average Bonchev–Trinajstić information content (AvgIpc) is 2.86. The molecule has 1 saturated carbocycles. The molecule has 37 heavy (non-hydrogen) atoms. The molecule has 2 aromatic carbocycles. The first-order chi connectivity index (χ1) is 17.5. The van der Waals surface area contributed by atoms with Gasteiger partial charge in [-0.2, -0.15) is 0 Å². The molecule has 202 valence electrons. The number of sulfonamides is 1. The van der Waals surface area contributed by atoms with Crippen LogP contribution in [0.1, 0.15) is 44.6 Å². The van der Waals surface area contributed by atoms with Crippen LogP contribution in [-0.2, 0) is 26.2 Å². The minimum atomic E-state index is -3.82. The number of carbonyl (C=O) groups excluding carboxylic acids is 2. The molecule has 0 aromatic heterocycles. The standard InChI is InChI=1S/C26H33Cl2N3O5S/c1-18(26(33)29-21-7-5-4-6-8-21)30(16-19-9-10-20(27)15-24(19)28)25(32)17-31(37(3,34)35)22-11-13-23(36-2)14-12-22/h9-15,18,21H,4-8,16-17H2,1-3H3,(H,29,33)/t18-/m1/s1. The molecule has 1 atom stereocenters. The van der Waals surface area contributed by atoms with Crippen LogP contribution < -0.4 is 14.4 Å². The molecule has 8 nitrogen and oxygen atoms in total. The number of nitrogens with zero attached hydrogens (tertiary/aromatic N) is 2. The lowest BCUT2D eigenvalue weighted by atomic mass is 9.95. The fourth-order valence-corrected chi connectivity index (χ4v) is 5.66. The van der Waals surface area contributed by atoms with Gasteiger partial charge < -0.3 is 15.0 Å². The van der Waals surface area contributed by atoms with E-state index in [2.05, 4.69) is 5.32 Å². The van der Waals surface area contributed by atoms with E-state index < -0.39 is 28.5 Å². The van der Waals surface area contributed by atoms with Gasteiger partial charge in [-0.15, -0.1) is 0 Å². The van der Waals surface area contributed by atoms with Gasteiger partial charge in [-0.1, -0.05) is 48.5 Å². The van der Waals surface area contributed by atoms with Crippen LogP contribution in [0.15, 0.2) is 42.5 Å². The van der Waals surface area contributed by atoms with Gasteiger partial charge >= 0.3 is 0 Å². The highest BCUT2D eigenvalue weighted by atomic mass is 35.5. The number of nitrogens with one attached hydrogen (secondary N) is 1. The molecule has 0 spiro atoms. The predicted molar refractivity (Wildman–Crippen MR) is 147 cm³/mol. The van der Waals surface area contributed by atoms with Gasteiger partial charge in [0.05, 0.1) is 19.1 Å².